The molecule has 0 radical (unpaired) electrons. The normalized spacial score (nSPS) is 17.8. The predicted octanol–water partition coefficient (Wildman–Crippen LogP) is 8.79. The van der Waals surface area contributed by atoms with E-state index in [0.717, 1.165) is 55.7 Å². The first kappa shape index (κ1) is 35.7. The van der Waals surface area contributed by atoms with Gasteiger partial charge in [0, 0.05) is 34.6 Å². The number of rotatable bonds is 7. The Hall–Kier alpha value is -2.77. The van der Waals surface area contributed by atoms with Gasteiger partial charge in [0.2, 0.25) is 0 Å². The van der Waals surface area contributed by atoms with Crippen molar-refractivity contribution in [3.63, 3.8) is 0 Å². The van der Waals surface area contributed by atoms with Crippen molar-refractivity contribution in [1.29, 1.82) is 0 Å². The second kappa shape index (κ2) is 15.5. The van der Waals surface area contributed by atoms with Crippen LogP contribution in [0.4, 0.5) is 11.4 Å². The largest absolute Gasteiger partial charge is 0.496 e. The zero-order valence-electron chi connectivity index (χ0n) is 26.0. The Morgan fingerprint density at radius 2 is 1.70 bits per heavy atom. The number of benzene rings is 3. The van der Waals surface area contributed by atoms with Crippen molar-refractivity contribution in [2.75, 3.05) is 43.5 Å². The third kappa shape index (κ3) is 8.28. The summed E-state index contributed by atoms with van der Waals surface area (Å²) in [6.07, 6.45) is 5.44. The number of halogens is 3. The lowest BCUT2D eigenvalue weighted by Crippen LogP contribution is -2.38. The van der Waals surface area contributed by atoms with E-state index in [4.69, 9.17) is 16.3 Å². The van der Waals surface area contributed by atoms with Crippen molar-refractivity contribution < 1.29 is 14.3 Å². The van der Waals surface area contributed by atoms with Crippen molar-refractivity contribution in [3.8, 4) is 5.75 Å². The first-order valence-electron chi connectivity index (χ1n) is 15.0. The number of fused-ring (bicyclic) bond motifs is 1. The molecule has 0 aromatic heterocycles. The van der Waals surface area contributed by atoms with Crippen LogP contribution in [0.2, 0.25) is 5.02 Å². The molecular formula is C35H44Cl3N3O3. The molecule has 9 heteroatoms. The summed E-state index contributed by atoms with van der Waals surface area (Å²) < 4.78 is 5.66. The molecule has 1 fully saturated rings. The Balaban J connectivity index is 0.00000264. The molecule has 6 nitrogen and oxygen atoms in total. The van der Waals surface area contributed by atoms with Crippen LogP contribution in [-0.4, -0.2) is 50.0 Å². The van der Waals surface area contributed by atoms with E-state index in [-0.39, 0.29) is 36.6 Å². The maximum Gasteiger partial charge on any atom is 0.262 e. The predicted molar refractivity (Wildman–Crippen MR) is 186 cm³/mol. The fraction of sp³-hybridized carbons (Fsp3) is 0.429. The number of aryl methyl sites for hydroxylation is 1. The number of likely N-dealkylation sites (tertiary alicyclic amines) is 1. The van der Waals surface area contributed by atoms with Crippen LogP contribution in [-0.2, 0) is 0 Å². The van der Waals surface area contributed by atoms with E-state index in [1.807, 2.05) is 48.2 Å². The van der Waals surface area contributed by atoms with E-state index >= 15 is 0 Å². The molecule has 0 spiro atoms. The second-order valence-corrected chi connectivity index (χ2v) is 12.9. The van der Waals surface area contributed by atoms with Gasteiger partial charge in [-0.3, -0.25) is 9.59 Å². The summed E-state index contributed by atoms with van der Waals surface area (Å²) in [7, 11) is 1.55. The number of amides is 2. The maximum absolute atomic E-state index is 14.1. The van der Waals surface area contributed by atoms with Crippen LogP contribution in [0, 0.1) is 12.3 Å². The molecule has 0 saturated carbocycles. The number of nitrogens with zero attached hydrogens (tertiary/aromatic N) is 2. The van der Waals surface area contributed by atoms with E-state index in [0.29, 0.717) is 45.5 Å². The van der Waals surface area contributed by atoms with Crippen molar-refractivity contribution in [2.24, 2.45) is 5.41 Å². The first-order chi connectivity index (χ1) is 20.1. The van der Waals surface area contributed by atoms with E-state index in [1.165, 1.54) is 12.8 Å². The van der Waals surface area contributed by atoms with Gasteiger partial charge in [-0.25, -0.2) is 0 Å². The molecule has 5 rings (SSSR count). The standard InChI is InChI=1S/C35H42ClN3O3.2ClH/c1-24-8-5-6-10-28(24)33(40)37-27-12-13-29(32(23-27)42-4)34(41)39-18-7-9-25(30-22-26(36)11-14-31(30)39)15-19-38-20-16-35(2,3)17-21-38;;/h5-6,8,10-14,22-23,25H,7,9,15-21H2,1-4H3,(H,37,40);2*1H. The SMILES string of the molecule is COc1cc(NC(=O)c2ccccc2C)ccc1C(=O)N1CCCC(CCN2CCC(C)(C)CC2)c2cc(Cl)ccc21.Cl.Cl. The number of carbonyl (C=O) groups excluding carboxylic acids is 2. The summed E-state index contributed by atoms with van der Waals surface area (Å²) in [6.45, 7) is 10.6. The van der Waals surface area contributed by atoms with Gasteiger partial charge < -0.3 is 19.9 Å². The van der Waals surface area contributed by atoms with Crippen LogP contribution in [0.5, 0.6) is 5.75 Å². The molecule has 0 aliphatic carbocycles. The maximum atomic E-state index is 14.1. The van der Waals surface area contributed by atoms with E-state index in [9.17, 15) is 9.59 Å². The Bertz CT molecular complexity index is 1450. The number of nitrogens with one attached hydrogen (secondary N) is 1. The Kier molecular flexibility index (Phi) is 12.6. The number of hydrogen-bond donors (Lipinski definition) is 1. The summed E-state index contributed by atoms with van der Waals surface area (Å²) in [5.74, 6) is 0.442. The van der Waals surface area contributed by atoms with Crippen molar-refractivity contribution in [1.82, 2.24) is 4.90 Å². The van der Waals surface area contributed by atoms with Gasteiger partial charge >= 0.3 is 0 Å². The zero-order valence-corrected chi connectivity index (χ0v) is 28.4. The minimum absolute atomic E-state index is 0. The second-order valence-electron chi connectivity index (χ2n) is 12.5. The monoisotopic (exact) mass is 659 g/mol. The number of anilines is 2. The molecule has 2 aliphatic rings. The molecule has 3 aromatic carbocycles. The van der Waals surface area contributed by atoms with Gasteiger partial charge in [-0.15, -0.1) is 24.8 Å². The fourth-order valence-corrected chi connectivity index (χ4v) is 6.40. The number of hydrogen-bond acceptors (Lipinski definition) is 4. The highest BCUT2D eigenvalue weighted by atomic mass is 35.5. The number of carbonyl (C=O) groups is 2. The Labute approximate surface area is 279 Å². The van der Waals surface area contributed by atoms with E-state index in [2.05, 4.69) is 24.1 Å². The summed E-state index contributed by atoms with van der Waals surface area (Å²) in [5, 5.41) is 3.63. The molecule has 3 aromatic rings. The molecule has 1 N–H and O–H groups in total. The number of piperidine rings is 1. The van der Waals surface area contributed by atoms with Gasteiger partial charge in [0.25, 0.3) is 11.8 Å². The lowest BCUT2D eigenvalue weighted by atomic mass is 9.82. The zero-order chi connectivity index (χ0) is 29.9. The molecule has 2 heterocycles. The minimum Gasteiger partial charge on any atom is -0.496 e. The van der Waals surface area contributed by atoms with Crippen LogP contribution in [0.25, 0.3) is 0 Å². The molecule has 1 saturated heterocycles. The summed E-state index contributed by atoms with van der Waals surface area (Å²) in [5.41, 5.74) is 5.04. The van der Waals surface area contributed by atoms with Crippen molar-refractivity contribution in [3.05, 3.63) is 87.9 Å². The third-order valence-corrected chi connectivity index (χ3v) is 9.22. The van der Waals surface area contributed by atoms with Crippen molar-refractivity contribution in [2.45, 2.75) is 58.8 Å². The summed E-state index contributed by atoms with van der Waals surface area (Å²) in [6, 6.07) is 18.6. The molecule has 44 heavy (non-hydrogen) atoms. The van der Waals surface area contributed by atoms with Gasteiger partial charge in [0.15, 0.2) is 0 Å². The highest BCUT2D eigenvalue weighted by Gasteiger charge is 2.30. The van der Waals surface area contributed by atoms with Gasteiger partial charge in [-0.2, -0.15) is 0 Å². The minimum atomic E-state index is -0.202. The van der Waals surface area contributed by atoms with Crippen LogP contribution < -0.4 is 15.0 Å². The van der Waals surface area contributed by atoms with Gasteiger partial charge in [0.05, 0.1) is 12.7 Å². The fourth-order valence-electron chi connectivity index (χ4n) is 6.22. The first-order valence-corrected chi connectivity index (χ1v) is 15.4. The molecular weight excluding hydrogens is 617 g/mol. The summed E-state index contributed by atoms with van der Waals surface area (Å²) >= 11 is 6.51. The Morgan fingerprint density at radius 3 is 2.41 bits per heavy atom. The van der Waals surface area contributed by atoms with Crippen molar-refractivity contribution >= 4 is 59.6 Å². The highest BCUT2D eigenvalue weighted by molar-refractivity contribution is 6.30. The topological polar surface area (TPSA) is 61.9 Å². The molecule has 2 aliphatic heterocycles. The van der Waals surface area contributed by atoms with Crippen LogP contribution in [0.1, 0.15) is 83.7 Å². The van der Waals surface area contributed by atoms with Crippen LogP contribution in [0.15, 0.2) is 60.7 Å². The lowest BCUT2D eigenvalue weighted by molar-refractivity contribution is 0.0983. The smallest absolute Gasteiger partial charge is 0.262 e. The average molecular weight is 661 g/mol. The van der Waals surface area contributed by atoms with E-state index < -0.39 is 0 Å². The van der Waals surface area contributed by atoms with Gasteiger partial charge in [-0.05, 0) is 118 Å². The van der Waals surface area contributed by atoms with Crippen LogP contribution in [0.3, 0.4) is 0 Å². The molecule has 0 bridgehead atoms. The summed E-state index contributed by atoms with van der Waals surface area (Å²) in [4.78, 5) is 31.4. The number of methoxy groups -OCH3 is 1. The lowest BCUT2D eigenvalue weighted by Gasteiger charge is -2.37. The average Bonchev–Trinajstić information content (AvgIpc) is 3.15. The quantitative estimate of drug-likeness (QED) is 0.275. The third-order valence-electron chi connectivity index (χ3n) is 8.98. The molecule has 1 unspecified atom stereocenters. The number of ether oxygens (including phenoxy) is 1. The van der Waals surface area contributed by atoms with E-state index in [1.54, 1.807) is 31.4 Å². The molecule has 2 amide bonds. The van der Waals surface area contributed by atoms with Gasteiger partial charge in [-0.1, -0.05) is 43.6 Å². The highest BCUT2D eigenvalue weighted by Crippen LogP contribution is 2.40. The van der Waals surface area contributed by atoms with Gasteiger partial charge in [0.1, 0.15) is 5.75 Å². The van der Waals surface area contributed by atoms with Crippen LogP contribution >= 0.6 is 36.4 Å². The molecule has 1 atom stereocenters. The molecule has 238 valence electrons. The Morgan fingerprint density at radius 1 is 0.977 bits per heavy atom.